The van der Waals surface area contributed by atoms with E-state index in [1.54, 1.807) is 19.2 Å². The third-order valence-corrected chi connectivity index (χ3v) is 3.91. The molecule has 1 N–H and O–H groups in total. The maximum absolute atomic E-state index is 12.2. The number of rotatable bonds is 4. The Kier molecular flexibility index (Phi) is 6.63. The van der Waals surface area contributed by atoms with Crippen molar-refractivity contribution in [1.82, 2.24) is 0 Å². The number of benzene rings is 1. The van der Waals surface area contributed by atoms with Crippen molar-refractivity contribution < 1.29 is 36.2 Å². The number of hydrogen-bond acceptors (Lipinski definition) is 2. The molecule has 0 aliphatic carbocycles. The van der Waals surface area contributed by atoms with Crippen molar-refractivity contribution in [2.75, 3.05) is 5.32 Å². The SMILES string of the molecule is CC(C)Oc1ccc(NC(=O)C(F)(F)F)cc1[CH]=[Ru]([Cl])[Cl]. The van der Waals surface area contributed by atoms with Crippen LogP contribution in [-0.4, -0.2) is 22.8 Å². The second-order valence-electron chi connectivity index (χ2n) is 4.18. The molecule has 0 aliphatic heterocycles. The van der Waals surface area contributed by atoms with Crippen LogP contribution in [-0.2, 0) is 18.3 Å². The van der Waals surface area contributed by atoms with Crippen LogP contribution in [0.2, 0.25) is 0 Å². The van der Waals surface area contributed by atoms with Crippen molar-refractivity contribution in [1.29, 1.82) is 0 Å². The predicted octanol–water partition coefficient (Wildman–Crippen LogP) is 4.05. The first kappa shape index (κ1) is 18.4. The fraction of sp³-hybridized carbons (Fsp3) is 0.333. The van der Waals surface area contributed by atoms with Gasteiger partial charge in [0.1, 0.15) is 0 Å². The molecule has 0 fully saturated rings. The Hall–Kier alpha value is -0.647. The van der Waals surface area contributed by atoms with Gasteiger partial charge >= 0.3 is 133 Å². The van der Waals surface area contributed by atoms with Gasteiger partial charge in [0.15, 0.2) is 0 Å². The summed E-state index contributed by atoms with van der Waals surface area (Å²) in [4.78, 5) is 10.9. The monoisotopic (exact) mass is 431 g/mol. The summed E-state index contributed by atoms with van der Waals surface area (Å²) in [5.41, 5.74) is 0.441. The predicted molar refractivity (Wildman–Crippen MR) is 73.8 cm³/mol. The van der Waals surface area contributed by atoms with Crippen LogP contribution in [0.15, 0.2) is 18.2 Å². The molecule has 0 aliphatic rings. The van der Waals surface area contributed by atoms with E-state index < -0.39 is 25.6 Å². The molecule has 0 spiro atoms. The van der Waals surface area contributed by atoms with E-state index >= 15 is 0 Å². The van der Waals surface area contributed by atoms with E-state index in [-0.39, 0.29) is 11.8 Å². The van der Waals surface area contributed by atoms with E-state index in [1.165, 1.54) is 22.8 Å². The molecule has 1 aromatic rings. The van der Waals surface area contributed by atoms with Crippen LogP contribution in [0.4, 0.5) is 18.9 Å². The number of halogens is 5. The molecule has 0 saturated carbocycles. The summed E-state index contributed by atoms with van der Waals surface area (Å²) in [6.45, 7) is 3.61. The molecule has 0 heterocycles. The summed E-state index contributed by atoms with van der Waals surface area (Å²) >= 11 is -2.20. The Morgan fingerprint density at radius 1 is 1.38 bits per heavy atom. The molecular weight excluding hydrogens is 419 g/mol. The molecule has 0 unspecified atom stereocenters. The molecule has 120 valence electrons. The number of alkyl halides is 3. The van der Waals surface area contributed by atoms with Gasteiger partial charge in [0, 0.05) is 0 Å². The Balaban J connectivity index is 3.10. The van der Waals surface area contributed by atoms with Gasteiger partial charge in [-0.3, -0.25) is 0 Å². The molecule has 3 nitrogen and oxygen atoms in total. The van der Waals surface area contributed by atoms with Crippen molar-refractivity contribution >= 4 is 35.6 Å². The molecule has 1 aromatic carbocycles. The summed E-state index contributed by atoms with van der Waals surface area (Å²) < 4.78 is 43.7. The number of anilines is 1. The Morgan fingerprint density at radius 2 is 2.00 bits per heavy atom. The van der Waals surface area contributed by atoms with Gasteiger partial charge in [-0.15, -0.1) is 0 Å². The molecule has 0 saturated heterocycles. The average Bonchev–Trinajstić information content (AvgIpc) is 2.30. The number of nitrogens with one attached hydrogen (secondary N) is 1. The van der Waals surface area contributed by atoms with Crippen LogP contribution in [0.25, 0.3) is 0 Å². The number of carbonyl (C=O) groups excluding carboxylic acids is 1. The second kappa shape index (κ2) is 7.57. The van der Waals surface area contributed by atoms with E-state index in [0.717, 1.165) is 0 Å². The van der Waals surface area contributed by atoms with Gasteiger partial charge in [-0.2, -0.15) is 0 Å². The molecule has 0 bridgehead atoms. The van der Waals surface area contributed by atoms with Gasteiger partial charge in [-0.25, -0.2) is 0 Å². The van der Waals surface area contributed by atoms with Crippen molar-refractivity contribution in [2.45, 2.75) is 26.1 Å². The molecular formula is C12H12Cl2F3NO2Ru. The second-order valence-corrected chi connectivity index (χ2v) is 9.90. The normalized spacial score (nSPS) is 12.1. The van der Waals surface area contributed by atoms with Crippen LogP contribution < -0.4 is 10.1 Å². The molecule has 9 heteroatoms. The van der Waals surface area contributed by atoms with E-state index in [0.29, 0.717) is 11.3 Å². The van der Waals surface area contributed by atoms with Gasteiger partial charge in [0.25, 0.3) is 0 Å². The molecule has 0 radical (unpaired) electrons. The van der Waals surface area contributed by atoms with E-state index in [2.05, 4.69) is 0 Å². The first-order chi connectivity index (χ1) is 9.59. The zero-order chi connectivity index (χ0) is 16.2. The van der Waals surface area contributed by atoms with Crippen LogP contribution in [0.3, 0.4) is 0 Å². The van der Waals surface area contributed by atoms with Crippen molar-refractivity contribution in [3.8, 4) is 5.75 Å². The molecule has 21 heavy (non-hydrogen) atoms. The third-order valence-electron chi connectivity index (χ3n) is 2.07. The fourth-order valence-corrected chi connectivity index (χ4v) is 3.14. The van der Waals surface area contributed by atoms with Gasteiger partial charge in [0.2, 0.25) is 0 Å². The van der Waals surface area contributed by atoms with Crippen LogP contribution in [0.5, 0.6) is 5.75 Å². The first-order valence-corrected chi connectivity index (χ1v) is 11.1. The van der Waals surface area contributed by atoms with Crippen molar-refractivity contribution in [2.24, 2.45) is 0 Å². The maximum atomic E-state index is 12.2. The Labute approximate surface area is 132 Å². The van der Waals surface area contributed by atoms with E-state index in [4.69, 9.17) is 24.1 Å². The van der Waals surface area contributed by atoms with Gasteiger partial charge in [0.05, 0.1) is 0 Å². The molecule has 0 atom stereocenters. The van der Waals surface area contributed by atoms with Crippen LogP contribution in [0, 0.1) is 0 Å². The standard InChI is InChI=1S/C12H12F3NO2.2ClH.Ru/c1-7(2)18-10-5-4-9(6-8(10)3)16-11(17)12(13,14)15;;;/h3-7H,1-2H3,(H,16,17);2*1H;/q;;;+2/p-2. The summed E-state index contributed by atoms with van der Waals surface area (Å²) in [5.74, 6) is -1.60. The van der Waals surface area contributed by atoms with Gasteiger partial charge in [-0.1, -0.05) is 0 Å². The Morgan fingerprint density at radius 3 is 2.48 bits per heavy atom. The zero-order valence-corrected chi connectivity index (χ0v) is 14.2. The minimum absolute atomic E-state index is 0.0107. The summed E-state index contributed by atoms with van der Waals surface area (Å²) in [5, 5.41) is 1.77. The topological polar surface area (TPSA) is 38.3 Å². The van der Waals surface area contributed by atoms with Gasteiger partial charge in [-0.05, 0) is 0 Å². The van der Waals surface area contributed by atoms with E-state index in [1.807, 2.05) is 0 Å². The number of carbonyl (C=O) groups is 1. The molecule has 1 amide bonds. The quantitative estimate of drug-likeness (QED) is 0.731. The summed E-state index contributed by atoms with van der Waals surface area (Å²) in [6.07, 6.45) is -5.08. The van der Waals surface area contributed by atoms with Crippen molar-refractivity contribution in [3.63, 3.8) is 0 Å². The third kappa shape index (κ3) is 6.33. The molecule has 0 aromatic heterocycles. The number of ether oxygens (including phenoxy) is 1. The van der Waals surface area contributed by atoms with E-state index in [9.17, 15) is 18.0 Å². The first-order valence-electron chi connectivity index (χ1n) is 5.61. The average molecular weight is 431 g/mol. The van der Waals surface area contributed by atoms with Crippen molar-refractivity contribution in [3.05, 3.63) is 23.8 Å². The Bertz CT molecular complexity index is 558. The van der Waals surface area contributed by atoms with Crippen LogP contribution in [0.1, 0.15) is 19.4 Å². The minimum atomic E-state index is -4.95. The number of hydrogen-bond donors (Lipinski definition) is 1. The summed E-state index contributed by atoms with van der Waals surface area (Å²) in [7, 11) is 11.6. The number of amides is 1. The summed E-state index contributed by atoms with van der Waals surface area (Å²) in [6, 6.07) is 4.12. The zero-order valence-electron chi connectivity index (χ0n) is 10.9. The van der Waals surface area contributed by atoms with Gasteiger partial charge < -0.3 is 0 Å². The van der Waals surface area contributed by atoms with Crippen LogP contribution >= 0.6 is 19.4 Å². The fourth-order valence-electron chi connectivity index (χ4n) is 1.35. The molecule has 1 rings (SSSR count).